The molecule has 0 amide bonds. The summed E-state index contributed by atoms with van der Waals surface area (Å²) in [5, 5.41) is 19.6. The van der Waals surface area contributed by atoms with Gasteiger partial charge in [-0.3, -0.25) is 5.10 Å². The minimum Gasteiger partial charge on any atom is -0.508 e. The Balaban J connectivity index is 2.13. The zero-order chi connectivity index (χ0) is 13.5. The Bertz CT molecular complexity index is 910. The lowest BCUT2D eigenvalue weighted by atomic mass is 10.0. The molecule has 4 nitrogen and oxygen atoms in total. The maximum atomic E-state index is 9.42. The van der Waals surface area contributed by atoms with Crippen LogP contribution in [0.4, 0.5) is 0 Å². The Hall–Kier alpha value is -2.88. The number of benzene rings is 2. The molecular formula is C16H11N3O. The van der Waals surface area contributed by atoms with Crippen LogP contribution in [0.2, 0.25) is 0 Å². The van der Waals surface area contributed by atoms with Gasteiger partial charge in [-0.15, -0.1) is 0 Å². The molecule has 0 saturated heterocycles. The second kappa shape index (κ2) is 4.06. The molecule has 2 heterocycles. The molecule has 0 unspecified atom stereocenters. The van der Waals surface area contributed by atoms with E-state index in [0.717, 1.165) is 33.1 Å². The van der Waals surface area contributed by atoms with Crippen molar-refractivity contribution < 1.29 is 5.11 Å². The minimum absolute atomic E-state index is 0.251. The molecule has 0 spiro atoms. The lowest BCUT2D eigenvalue weighted by Crippen LogP contribution is -1.88. The Kier molecular flexibility index (Phi) is 2.23. The van der Waals surface area contributed by atoms with Crippen LogP contribution >= 0.6 is 0 Å². The lowest BCUT2D eigenvalue weighted by molar-refractivity contribution is 0.475. The fraction of sp³-hybridized carbons (Fsp3) is 0. The molecule has 0 aliphatic carbocycles. The first-order valence-corrected chi connectivity index (χ1v) is 6.34. The predicted octanol–water partition coefficient (Wildman–Crippen LogP) is 3.48. The summed E-state index contributed by atoms with van der Waals surface area (Å²) in [6, 6.07) is 15.2. The molecule has 0 saturated carbocycles. The first-order valence-electron chi connectivity index (χ1n) is 6.34. The number of H-pyrrole nitrogens is 1. The highest BCUT2D eigenvalue weighted by Gasteiger charge is 2.10. The summed E-state index contributed by atoms with van der Waals surface area (Å²) < 4.78 is 0. The predicted molar refractivity (Wildman–Crippen MR) is 78.5 cm³/mol. The number of aromatic nitrogens is 3. The summed E-state index contributed by atoms with van der Waals surface area (Å²) in [5.74, 6) is 0.251. The number of hydrogen-bond acceptors (Lipinski definition) is 3. The van der Waals surface area contributed by atoms with E-state index in [0.29, 0.717) is 0 Å². The third kappa shape index (κ3) is 1.55. The topological polar surface area (TPSA) is 61.8 Å². The number of fused-ring (bicyclic) bond motifs is 3. The van der Waals surface area contributed by atoms with Crippen molar-refractivity contribution in [2.75, 3.05) is 0 Å². The van der Waals surface area contributed by atoms with Crippen molar-refractivity contribution in [2.45, 2.75) is 0 Å². The van der Waals surface area contributed by atoms with E-state index >= 15 is 0 Å². The molecule has 0 radical (unpaired) electrons. The summed E-state index contributed by atoms with van der Waals surface area (Å²) in [6.45, 7) is 0. The number of aromatic hydroxyl groups is 1. The van der Waals surface area contributed by atoms with E-state index in [4.69, 9.17) is 0 Å². The smallest absolute Gasteiger partial charge is 0.156 e. The van der Waals surface area contributed by atoms with Crippen LogP contribution in [0.5, 0.6) is 5.75 Å². The first kappa shape index (κ1) is 11.0. The molecule has 2 aromatic carbocycles. The average molecular weight is 261 g/mol. The van der Waals surface area contributed by atoms with Crippen LogP contribution in [0.25, 0.3) is 33.1 Å². The molecule has 2 aromatic heterocycles. The average Bonchev–Trinajstić information content (AvgIpc) is 2.96. The van der Waals surface area contributed by atoms with Crippen molar-refractivity contribution in [2.24, 2.45) is 0 Å². The SMILES string of the molecule is Oc1ccc(-c2nc3[nH]ncc3c3ccccc23)cc1. The number of aromatic amines is 1. The molecular weight excluding hydrogens is 250 g/mol. The molecule has 96 valence electrons. The number of phenols is 1. The fourth-order valence-corrected chi connectivity index (χ4v) is 2.50. The van der Waals surface area contributed by atoms with E-state index in [-0.39, 0.29) is 5.75 Å². The van der Waals surface area contributed by atoms with Crippen LogP contribution in [-0.2, 0) is 0 Å². The number of hydrogen-bond donors (Lipinski definition) is 2. The summed E-state index contributed by atoms with van der Waals surface area (Å²) in [5.41, 5.74) is 2.62. The largest absolute Gasteiger partial charge is 0.508 e. The van der Waals surface area contributed by atoms with Gasteiger partial charge in [0.05, 0.1) is 11.9 Å². The number of nitrogens with zero attached hydrogens (tertiary/aromatic N) is 2. The number of phenolic OH excluding ortho intramolecular Hbond substituents is 1. The monoisotopic (exact) mass is 261 g/mol. The zero-order valence-electron chi connectivity index (χ0n) is 10.5. The van der Waals surface area contributed by atoms with Gasteiger partial charge in [0, 0.05) is 16.3 Å². The van der Waals surface area contributed by atoms with Crippen molar-refractivity contribution in [3.05, 3.63) is 54.7 Å². The molecule has 0 atom stereocenters. The van der Waals surface area contributed by atoms with Crippen LogP contribution in [0.15, 0.2) is 54.7 Å². The maximum absolute atomic E-state index is 9.42. The third-order valence-electron chi connectivity index (χ3n) is 3.46. The second-order valence-corrected chi connectivity index (χ2v) is 4.69. The standard InChI is InChI=1S/C16H11N3O/c20-11-7-5-10(6-8-11)15-13-4-2-1-3-12(13)14-9-17-19-16(14)18-15/h1-9,20H,(H,17,18,19). The van der Waals surface area contributed by atoms with Crippen LogP contribution in [0.1, 0.15) is 0 Å². The highest BCUT2D eigenvalue weighted by molar-refractivity contribution is 6.09. The molecule has 2 N–H and O–H groups in total. The minimum atomic E-state index is 0.251. The van der Waals surface area contributed by atoms with Gasteiger partial charge in [-0.25, -0.2) is 4.98 Å². The van der Waals surface area contributed by atoms with Crippen molar-refractivity contribution in [1.82, 2.24) is 15.2 Å². The van der Waals surface area contributed by atoms with Crippen LogP contribution in [0.3, 0.4) is 0 Å². The maximum Gasteiger partial charge on any atom is 0.156 e. The van der Waals surface area contributed by atoms with Crippen molar-refractivity contribution in [3.8, 4) is 17.0 Å². The van der Waals surface area contributed by atoms with Gasteiger partial charge < -0.3 is 5.11 Å². The van der Waals surface area contributed by atoms with Gasteiger partial charge in [-0.1, -0.05) is 24.3 Å². The molecule has 4 rings (SSSR count). The molecule has 0 bridgehead atoms. The van der Waals surface area contributed by atoms with Crippen molar-refractivity contribution >= 4 is 21.8 Å². The van der Waals surface area contributed by atoms with E-state index in [1.54, 1.807) is 18.3 Å². The van der Waals surface area contributed by atoms with E-state index in [1.807, 2.05) is 24.3 Å². The Morgan fingerprint density at radius 3 is 2.40 bits per heavy atom. The first-order chi connectivity index (χ1) is 9.83. The summed E-state index contributed by atoms with van der Waals surface area (Å²) >= 11 is 0. The molecule has 4 heteroatoms. The van der Waals surface area contributed by atoms with Gasteiger partial charge >= 0.3 is 0 Å². The highest BCUT2D eigenvalue weighted by atomic mass is 16.3. The van der Waals surface area contributed by atoms with Crippen molar-refractivity contribution in [1.29, 1.82) is 0 Å². The van der Waals surface area contributed by atoms with E-state index in [9.17, 15) is 5.11 Å². The Morgan fingerprint density at radius 2 is 1.60 bits per heavy atom. The summed E-state index contributed by atoms with van der Waals surface area (Å²) in [7, 11) is 0. The zero-order valence-corrected chi connectivity index (χ0v) is 10.5. The second-order valence-electron chi connectivity index (χ2n) is 4.69. The molecule has 4 aromatic rings. The number of nitrogens with one attached hydrogen (secondary N) is 1. The van der Waals surface area contributed by atoms with Gasteiger partial charge in [-0.2, -0.15) is 5.10 Å². The normalized spacial score (nSPS) is 11.2. The van der Waals surface area contributed by atoms with Crippen molar-refractivity contribution in [3.63, 3.8) is 0 Å². The quantitative estimate of drug-likeness (QED) is 0.551. The molecule has 20 heavy (non-hydrogen) atoms. The van der Waals surface area contributed by atoms with E-state index < -0.39 is 0 Å². The van der Waals surface area contributed by atoms with Gasteiger partial charge in [0.25, 0.3) is 0 Å². The third-order valence-corrected chi connectivity index (χ3v) is 3.46. The lowest BCUT2D eigenvalue weighted by Gasteiger charge is -2.07. The number of pyridine rings is 1. The van der Waals surface area contributed by atoms with Crippen LogP contribution in [-0.4, -0.2) is 20.3 Å². The van der Waals surface area contributed by atoms with E-state index in [1.165, 1.54) is 0 Å². The summed E-state index contributed by atoms with van der Waals surface area (Å²) in [4.78, 5) is 4.66. The summed E-state index contributed by atoms with van der Waals surface area (Å²) in [6.07, 6.45) is 1.80. The van der Waals surface area contributed by atoms with Gasteiger partial charge in [0.2, 0.25) is 0 Å². The van der Waals surface area contributed by atoms with E-state index in [2.05, 4.69) is 27.3 Å². The number of rotatable bonds is 1. The van der Waals surface area contributed by atoms with Gasteiger partial charge in [0.15, 0.2) is 5.65 Å². The fourth-order valence-electron chi connectivity index (χ4n) is 2.50. The molecule has 0 aliphatic rings. The molecule has 0 fully saturated rings. The Morgan fingerprint density at radius 1 is 0.850 bits per heavy atom. The van der Waals surface area contributed by atoms with Crippen LogP contribution in [0, 0.1) is 0 Å². The molecule has 0 aliphatic heterocycles. The van der Waals surface area contributed by atoms with Gasteiger partial charge in [0.1, 0.15) is 5.75 Å². The highest BCUT2D eigenvalue weighted by Crippen LogP contribution is 2.31. The Labute approximate surface area is 114 Å². The van der Waals surface area contributed by atoms with Gasteiger partial charge in [-0.05, 0) is 29.7 Å². The van der Waals surface area contributed by atoms with Crippen LogP contribution < -0.4 is 0 Å².